The molecule has 0 radical (unpaired) electrons. The topological polar surface area (TPSA) is 53.1 Å². The quantitative estimate of drug-likeness (QED) is 0.782. The van der Waals surface area contributed by atoms with Crippen molar-refractivity contribution in [1.82, 2.24) is 4.90 Å². The molecule has 158 valence electrons. The molecule has 2 saturated heterocycles. The van der Waals surface area contributed by atoms with Crippen molar-refractivity contribution in [2.24, 2.45) is 5.92 Å². The highest BCUT2D eigenvalue weighted by Crippen LogP contribution is 2.33. The highest BCUT2D eigenvalue weighted by Gasteiger charge is 2.38. The number of carbonyl (C=O) groups is 2. The predicted molar refractivity (Wildman–Crippen MR) is 118 cm³/mol. The standard InChI is InChI=1S/C24H29N3O3/c1-17-7-6-9-20(18(17)2)25-11-13-26(14-12-25)24(29)19-15-23(28)27(16-19)21-8-4-5-10-22(21)30-3/h4-10,19H,11-16H2,1-3H3. The summed E-state index contributed by atoms with van der Waals surface area (Å²) in [5.41, 5.74) is 4.57. The first-order chi connectivity index (χ1) is 14.5. The minimum absolute atomic E-state index is 0.0214. The Bertz CT molecular complexity index is 950. The number of hydrogen-bond donors (Lipinski definition) is 0. The summed E-state index contributed by atoms with van der Waals surface area (Å²) in [5, 5.41) is 0. The molecule has 1 unspecified atom stereocenters. The van der Waals surface area contributed by atoms with Crippen LogP contribution < -0.4 is 14.5 Å². The molecule has 2 aromatic rings. The number of piperazine rings is 1. The molecule has 2 aliphatic rings. The number of benzene rings is 2. The van der Waals surface area contributed by atoms with E-state index in [0.717, 1.165) is 18.8 Å². The van der Waals surface area contributed by atoms with Gasteiger partial charge in [0.1, 0.15) is 5.75 Å². The number of anilines is 2. The summed E-state index contributed by atoms with van der Waals surface area (Å²) in [4.78, 5) is 31.7. The number of carbonyl (C=O) groups excluding carboxylic acids is 2. The van der Waals surface area contributed by atoms with E-state index in [4.69, 9.17) is 4.74 Å². The van der Waals surface area contributed by atoms with Crippen molar-refractivity contribution in [2.45, 2.75) is 20.3 Å². The Morgan fingerprint density at radius 2 is 1.67 bits per heavy atom. The van der Waals surface area contributed by atoms with Crippen molar-refractivity contribution < 1.29 is 14.3 Å². The molecule has 6 nitrogen and oxygen atoms in total. The summed E-state index contributed by atoms with van der Waals surface area (Å²) in [6, 6.07) is 13.8. The Morgan fingerprint density at radius 1 is 0.967 bits per heavy atom. The van der Waals surface area contributed by atoms with Gasteiger partial charge in [0.2, 0.25) is 11.8 Å². The molecule has 0 N–H and O–H groups in total. The van der Waals surface area contributed by atoms with E-state index in [-0.39, 0.29) is 24.2 Å². The molecule has 0 aromatic heterocycles. The van der Waals surface area contributed by atoms with Gasteiger partial charge in [0.25, 0.3) is 0 Å². The third-order valence-corrected chi connectivity index (χ3v) is 6.36. The van der Waals surface area contributed by atoms with E-state index in [1.54, 1.807) is 12.0 Å². The van der Waals surface area contributed by atoms with Crippen molar-refractivity contribution in [2.75, 3.05) is 49.6 Å². The number of nitrogens with zero attached hydrogens (tertiary/aromatic N) is 3. The zero-order valence-electron chi connectivity index (χ0n) is 17.9. The molecule has 0 saturated carbocycles. The van der Waals surface area contributed by atoms with Gasteiger partial charge in [0.05, 0.1) is 18.7 Å². The molecular weight excluding hydrogens is 378 g/mol. The summed E-state index contributed by atoms with van der Waals surface area (Å²) in [5.74, 6) is 0.420. The molecule has 4 rings (SSSR count). The first kappa shape index (κ1) is 20.3. The van der Waals surface area contributed by atoms with Crippen LogP contribution in [0.2, 0.25) is 0 Å². The first-order valence-electron chi connectivity index (χ1n) is 10.5. The molecule has 2 amide bonds. The predicted octanol–water partition coefficient (Wildman–Crippen LogP) is 3.01. The summed E-state index contributed by atoms with van der Waals surface area (Å²) in [7, 11) is 1.59. The lowest BCUT2D eigenvalue weighted by molar-refractivity contribution is -0.136. The van der Waals surface area contributed by atoms with Gasteiger partial charge in [-0.2, -0.15) is 0 Å². The average Bonchev–Trinajstić information content (AvgIpc) is 3.16. The van der Waals surface area contributed by atoms with Gasteiger partial charge in [-0.1, -0.05) is 24.3 Å². The third kappa shape index (κ3) is 3.74. The van der Waals surface area contributed by atoms with Crippen LogP contribution in [0.3, 0.4) is 0 Å². The SMILES string of the molecule is COc1ccccc1N1CC(C(=O)N2CCN(c3cccc(C)c3C)CC2)CC1=O. The Morgan fingerprint density at radius 3 is 2.40 bits per heavy atom. The molecule has 0 aliphatic carbocycles. The molecular formula is C24H29N3O3. The maximum Gasteiger partial charge on any atom is 0.228 e. The normalized spacial score (nSPS) is 19.4. The Labute approximate surface area is 178 Å². The second kappa shape index (κ2) is 8.38. The van der Waals surface area contributed by atoms with Crippen molar-refractivity contribution >= 4 is 23.2 Å². The van der Waals surface area contributed by atoms with E-state index in [1.165, 1.54) is 16.8 Å². The van der Waals surface area contributed by atoms with E-state index >= 15 is 0 Å². The van der Waals surface area contributed by atoms with Gasteiger partial charge in [-0.25, -0.2) is 0 Å². The van der Waals surface area contributed by atoms with Crippen molar-refractivity contribution in [3.63, 3.8) is 0 Å². The van der Waals surface area contributed by atoms with Crippen LogP contribution in [0.5, 0.6) is 5.75 Å². The summed E-state index contributed by atoms with van der Waals surface area (Å²) in [6.07, 6.45) is 0.258. The fourth-order valence-corrected chi connectivity index (χ4v) is 4.46. The van der Waals surface area contributed by atoms with Gasteiger partial charge in [0.15, 0.2) is 0 Å². The van der Waals surface area contributed by atoms with Crippen molar-refractivity contribution in [3.8, 4) is 5.75 Å². The summed E-state index contributed by atoms with van der Waals surface area (Å²) < 4.78 is 5.40. The number of amides is 2. The Balaban J connectivity index is 1.40. The van der Waals surface area contributed by atoms with Crippen molar-refractivity contribution in [1.29, 1.82) is 0 Å². The lowest BCUT2D eigenvalue weighted by Crippen LogP contribution is -2.51. The van der Waals surface area contributed by atoms with Crippen LogP contribution in [0.15, 0.2) is 42.5 Å². The zero-order valence-corrected chi connectivity index (χ0v) is 17.9. The number of hydrogen-bond acceptors (Lipinski definition) is 4. The smallest absolute Gasteiger partial charge is 0.228 e. The number of ether oxygens (including phenoxy) is 1. The van der Waals surface area contributed by atoms with Crippen LogP contribution in [0.4, 0.5) is 11.4 Å². The van der Waals surface area contributed by atoms with E-state index in [2.05, 4.69) is 36.9 Å². The van der Waals surface area contributed by atoms with Gasteiger partial charge in [0, 0.05) is 44.8 Å². The van der Waals surface area contributed by atoms with Crippen LogP contribution in [0.1, 0.15) is 17.5 Å². The molecule has 2 aliphatic heterocycles. The highest BCUT2D eigenvalue weighted by molar-refractivity contribution is 6.01. The van der Waals surface area contributed by atoms with Crippen molar-refractivity contribution in [3.05, 3.63) is 53.6 Å². The van der Waals surface area contributed by atoms with Crippen LogP contribution in [-0.4, -0.2) is 56.5 Å². The summed E-state index contributed by atoms with van der Waals surface area (Å²) in [6.45, 7) is 7.69. The molecule has 2 fully saturated rings. The van der Waals surface area contributed by atoms with E-state index in [9.17, 15) is 9.59 Å². The van der Waals surface area contributed by atoms with E-state index in [1.807, 2.05) is 29.2 Å². The number of para-hydroxylation sites is 2. The molecule has 0 bridgehead atoms. The fraction of sp³-hybridized carbons (Fsp3) is 0.417. The zero-order chi connectivity index (χ0) is 21.3. The third-order valence-electron chi connectivity index (χ3n) is 6.36. The lowest BCUT2D eigenvalue weighted by atomic mass is 10.1. The maximum atomic E-state index is 13.1. The number of methoxy groups -OCH3 is 1. The van der Waals surface area contributed by atoms with Crippen LogP contribution in [0.25, 0.3) is 0 Å². The van der Waals surface area contributed by atoms with Gasteiger partial charge in [-0.05, 0) is 43.2 Å². The molecule has 0 spiro atoms. The maximum absolute atomic E-state index is 13.1. The summed E-state index contributed by atoms with van der Waals surface area (Å²) >= 11 is 0. The first-order valence-corrected chi connectivity index (χ1v) is 10.5. The van der Waals surface area contributed by atoms with E-state index < -0.39 is 0 Å². The molecule has 2 aromatic carbocycles. The molecule has 1 atom stereocenters. The largest absolute Gasteiger partial charge is 0.495 e. The van der Waals surface area contributed by atoms with Crippen LogP contribution in [0, 0.1) is 19.8 Å². The molecule has 2 heterocycles. The van der Waals surface area contributed by atoms with Gasteiger partial charge in [-0.15, -0.1) is 0 Å². The van der Waals surface area contributed by atoms with Gasteiger partial charge < -0.3 is 19.4 Å². The monoisotopic (exact) mass is 407 g/mol. The lowest BCUT2D eigenvalue weighted by Gasteiger charge is -2.38. The molecule has 30 heavy (non-hydrogen) atoms. The van der Waals surface area contributed by atoms with Gasteiger partial charge >= 0.3 is 0 Å². The van der Waals surface area contributed by atoms with Gasteiger partial charge in [-0.3, -0.25) is 9.59 Å². The second-order valence-corrected chi connectivity index (χ2v) is 8.11. The van der Waals surface area contributed by atoms with Crippen LogP contribution in [-0.2, 0) is 9.59 Å². The second-order valence-electron chi connectivity index (χ2n) is 8.11. The highest BCUT2D eigenvalue weighted by atomic mass is 16.5. The minimum atomic E-state index is -0.297. The Hall–Kier alpha value is -3.02. The minimum Gasteiger partial charge on any atom is -0.495 e. The number of rotatable bonds is 4. The fourth-order valence-electron chi connectivity index (χ4n) is 4.46. The molecule has 6 heteroatoms. The van der Waals surface area contributed by atoms with E-state index in [0.29, 0.717) is 25.4 Å². The Kier molecular flexibility index (Phi) is 5.66. The number of aryl methyl sites for hydroxylation is 1. The average molecular weight is 408 g/mol. The van der Waals surface area contributed by atoms with Crippen LogP contribution >= 0.6 is 0 Å².